The maximum Gasteiger partial charge on any atom is 0.305 e. The van der Waals surface area contributed by atoms with Crippen LogP contribution in [-0.4, -0.2) is 45.2 Å². The quantitative estimate of drug-likeness (QED) is 0.835. The van der Waals surface area contributed by atoms with E-state index in [0.29, 0.717) is 18.0 Å². The van der Waals surface area contributed by atoms with Crippen LogP contribution in [-0.2, 0) is 4.79 Å². The first-order valence-corrected chi connectivity index (χ1v) is 6.22. The van der Waals surface area contributed by atoms with Crippen molar-refractivity contribution < 1.29 is 19.1 Å². The number of aromatic amines is 1. The number of aliphatic carboxylic acids is 1. The van der Waals surface area contributed by atoms with Gasteiger partial charge in [-0.15, -0.1) is 0 Å². The largest absolute Gasteiger partial charge is 0.481 e. The van der Waals surface area contributed by atoms with Crippen LogP contribution in [0.15, 0.2) is 28.9 Å². The monoisotopic (exact) mass is 277 g/mol. The van der Waals surface area contributed by atoms with Crippen molar-refractivity contribution in [1.82, 2.24) is 15.1 Å². The first-order valence-electron chi connectivity index (χ1n) is 6.22. The maximum absolute atomic E-state index is 12.2. The van der Waals surface area contributed by atoms with E-state index < -0.39 is 5.97 Å². The van der Waals surface area contributed by atoms with Gasteiger partial charge in [-0.2, -0.15) is 5.10 Å². The van der Waals surface area contributed by atoms with Gasteiger partial charge in [0.2, 0.25) is 0 Å². The first kappa shape index (κ1) is 13.9. The molecule has 0 aliphatic heterocycles. The lowest BCUT2D eigenvalue weighted by atomic mass is 10.2. The number of rotatable bonds is 6. The number of hydrogen-bond donors (Lipinski definition) is 2. The molecule has 2 aromatic heterocycles. The molecule has 0 fully saturated rings. The molecule has 7 nitrogen and oxygen atoms in total. The Labute approximate surface area is 115 Å². The number of carbonyl (C=O) groups is 2. The van der Waals surface area contributed by atoms with Crippen LogP contribution in [0.5, 0.6) is 0 Å². The lowest BCUT2D eigenvalue weighted by molar-refractivity contribution is -0.137. The highest BCUT2D eigenvalue weighted by atomic mass is 16.4. The molecule has 20 heavy (non-hydrogen) atoms. The molecule has 0 radical (unpaired) electrons. The number of carboxylic acid groups (broad SMARTS) is 1. The van der Waals surface area contributed by atoms with E-state index in [9.17, 15) is 9.59 Å². The Hall–Kier alpha value is -2.57. The van der Waals surface area contributed by atoms with Gasteiger partial charge in [0, 0.05) is 19.2 Å². The van der Waals surface area contributed by atoms with Gasteiger partial charge in [-0.25, -0.2) is 0 Å². The summed E-state index contributed by atoms with van der Waals surface area (Å²) in [5.74, 6) is -0.650. The lowest BCUT2D eigenvalue weighted by Crippen LogP contribution is -2.33. The minimum atomic E-state index is -0.936. The van der Waals surface area contributed by atoms with E-state index in [1.54, 1.807) is 25.1 Å². The van der Waals surface area contributed by atoms with Crippen LogP contribution in [0, 0.1) is 0 Å². The van der Waals surface area contributed by atoms with Crippen LogP contribution in [0.25, 0.3) is 11.5 Å². The van der Waals surface area contributed by atoms with E-state index in [-0.39, 0.29) is 24.6 Å². The van der Waals surface area contributed by atoms with Gasteiger partial charge in [0.1, 0.15) is 5.69 Å². The van der Waals surface area contributed by atoms with Crippen molar-refractivity contribution in [3.8, 4) is 11.5 Å². The fourth-order valence-corrected chi connectivity index (χ4v) is 1.79. The molecule has 0 bridgehead atoms. The van der Waals surface area contributed by atoms with Crippen LogP contribution >= 0.6 is 0 Å². The second-order valence-corrected chi connectivity index (χ2v) is 4.17. The molecule has 0 unspecified atom stereocenters. The summed E-state index contributed by atoms with van der Waals surface area (Å²) in [7, 11) is 0. The topological polar surface area (TPSA) is 99.4 Å². The number of aromatic nitrogens is 2. The fraction of sp³-hybridized carbons (Fsp3) is 0.308. The van der Waals surface area contributed by atoms with E-state index in [1.807, 2.05) is 0 Å². The molecule has 0 atom stereocenters. The predicted octanol–water partition coefficient (Wildman–Crippen LogP) is 1.61. The van der Waals surface area contributed by atoms with Crippen molar-refractivity contribution in [2.24, 2.45) is 0 Å². The van der Waals surface area contributed by atoms with Crippen molar-refractivity contribution >= 4 is 11.9 Å². The zero-order chi connectivity index (χ0) is 14.5. The molecule has 1 amide bonds. The van der Waals surface area contributed by atoms with Crippen molar-refractivity contribution in [1.29, 1.82) is 0 Å². The van der Waals surface area contributed by atoms with E-state index in [2.05, 4.69) is 10.2 Å². The summed E-state index contributed by atoms with van der Waals surface area (Å²) >= 11 is 0. The van der Waals surface area contributed by atoms with Gasteiger partial charge in [0.15, 0.2) is 11.5 Å². The van der Waals surface area contributed by atoms with Gasteiger partial charge in [-0.3, -0.25) is 14.7 Å². The zero-order valence-electron chi connectivity index (χ0n) is 11.0. The molecule has 106 valence electrons. The first-order chi connectivity index (χ1) is 9.61. The van der Waals surface area contributed by atoms with Crippen LogP contribution in [0.2, 0.25) is 0 Å². The van der Waals surface area contributed by atoms with Crippen LogP contribution in [0.4, 0.5) is 0 Å². The second kappa shape index (κ2) is 6.05. The van der Waals surface area contributed by atoms with Gasteiger partial charge in [-0.05, 0) is 19.1 Å². The number of carbonyl (C=O) groups excluding carboxylic acids is 1. The summed E-state index contributed by atoms with van der Waals surface area (Å²) in [6.45, 7) is 2.38. The summed E-state index contributed by atoms with van der Waals surface area (Å²) in [6, 6.07) is 5.08. The van der Waals surface area contributed by atoms with Gasteiger partial charge in [0.05, 0.1) is 12.7 Å². The molecule has 2 heterocycles. The fourth-order valence-electron chi connectivity index (χ4n) is 1.79. The predicted molar refractivity (Wildman–Crippen MR) is 70.1 cm³/mol. The zero-order valence-corrected chi connectivity index (χ0v) is 11.0. The van der Waals surface area contributed by atoms with E-state index in [4.69, 9.17) is 9.52 Å². The SMILES string of the molecule is CCN(CCC(=O)O)C(=O)c1cc(-c2ccco2)[nH]n1. The van der Waals surface area contributed by atoms with E-state index in [0.717, 1.165) is 0 Å². The second-order valence-electron chi connectivity index (χ2n) is 4.17. The number of nitrogens with zero attached hydrogens (tertiary/aromatic N) is 2. The Morgan fingerprint density at radius 1 is 1.50 bits per heavy atom. The summed E-state index contributed by atoms with van der Waals surface area (Å²) in [5, 5.41) is 15.3. The minimum Gasteiger partial charge on any atom is -0.481 e. The maximum atomic E-state index is 12.2. The standard InChI is InChI=1S/C13H15N3O4/c1-2-16(6-5-12(17)18)13(19)10-8-9(14-15-10)11-4-3-7-20-11/h3-4,7-8H,2,5-6H2,1H3,(H,14,15)(H,17,18). The van der Waals surface area contributed by atoms with Crippen LogP contribution in [0.3, 0.4) is 0 Å². The van der Waals surface area contributed by atoms with Crippen LogP contribution < -0.4 is 0 Å². The summed E-state index contributed by atoms with van der Waals surface area (Å²) < 4.78 is 5.20. The number of amides is 1. The van der Waals surface area contributed by atoms with Crippen LogP contribution in [0.1, 0.15) is 23.8 Å². The number of nitrogens with one attached hydrogen (secondary N) is 1. The van der Waals surface area contributed by atoms with E-state index >= 15 is 0 Å². The summed E-state index contributed by atoms with van der Waals surface area (Å²) in [5.41, 5.74) is 0.844. The molecule has 0 aliphatic carbocycles. The van der Waals surface area contributed by atoms with Gasteiger partial charge >= 0.3 is 5.97 Å². The average molecular weight is 277 g/mol. The Morgan fingerprint density at radius 2 is 2.30 bits per heavy atom. The van der Waals surface area contributed by atoms with Gasteiger partial charge in [0.25, 0.3) is 5.91 Å². The van der Waals surface area contributed by atoms with Crippen molar-refractivity contribution in [3.63, 3.8) is 0 Å². The molecule has 0 saturated heterocycles. The Morgan fingerprint density at radius 3 is 2.90 bits per heavy atom. The Kier molecular flexibility index (Phi) is 4.19. The van der Waals surface area contributed by atoms with Crippen molar-refractivity contribution in [2.75, 3.05) is 13.1 Å². The number of carboxylic acids is 1. The molecule has 2 aromatic rings. The molecule has 0 spiro atoms. The molecule has 0 aromatic carbocycles. The minimum absolute atomic E-state index is 0.0883. The smallest absolute Gasteiger partial charge is 0.305 e. The normalized spacial score (nSPS) is 10.4. The number of furan rings is 1. The van der Waals surface area contributed by atoms with Crippen molar-refractivity contribution in [3.05, 3.63) is 30.2 Å². The number of hydrogen-bond acceptors (Lipinski definition) is 4. The molecular weight excluding hydrogens is 262 g/mol. The highest BCUT2D eigenvalue weighted by Gasteiger charge is 2.19. The summed E-state index contributed by atoms with van der Waals surface area (Å²) in [6.07, 6.45) is 1.44. The highest BCUT2D eigenvalue weighted by Crippen LogP contribution is 2.18. The number of H-pyrrole nitrogens is 1. The molecule has 0 saturated carbocycles. The molecular formula is C13H15N3O4. The molecule has 0 aliphatic rings. The average Bonchev–Trinajstić information content (AvgIpc) is 3.09. The Balaban J connectivity index is 2.10. The third kappa shape index (κ3) is 3.05. The van der Waals surface area contributed by atoms with E-state index in [1.165, 1.54) is 11.2 Å². The van der Waals surface area contributed by atoms with Gasteiger partial charge in [-0.1, -0.05) is 0 Å². The third-order valence-electron chi connectivity index (χ3n) is 2.85. The summed E-state index contributed by atoms with van der Waals surface area (Å²) in [4.78, 5) is 24.2. The molecule has 2 rings (SSSR count). The van der Waals surface area contributed by atoms with Gasteiger partial charge < -0.3 is 14.4 Å². The lowest BCUT2D eigenvalue weighted by Gasteiger charge is -2.18. The Bertz CT molecular complexity index is 589. The highest BCUT2D eigenvalue weighted by molar-refractivity contribution is 5.93. The molecule has 7 heteroatoms. The molecule has 2 N–H and O–H groups in total. The van der Waals surface area contributed by atoms with Crippen molar-refractivity contribution in [2.45, 2.75) is 13.3 Å². The third-order valence-corrected chi connectivity index (χ3v) is 2.85.